The fraction of sp³-hybridized carbons (Fsp3) is 0.467. The first kappa shape index (κ1) is 17.0. The molecule has 0 saturated heterocycles. The van der Waals surface area contributed by atoms with Gasteiger partial charge in [0.15, 0.2) is 0 Å². The summed E-state index contributed by atoms with van der Waals surface area (Å²) in [7, 11) is 3.36. The average molecular weight is 293 g/mol. The van der Waals surface area contributed by atoms with Gasteiger partial charge in [0, 0.05) is 45.6 Å². The second kappa shape index (κ2) is 8.97. The van der Waals surface area contributed by atoms with E-state index < -0.39 is 0 Å². The van der Waals surface area contributed by atoms with Gasteiger partial charge in [-0.3, -0.25) is 9.59 Å². The van der Waals surface area contributed by atoms with Crippen LogP contribution in [0.3, 0.4) is 0 Å². The number of benzene rings is 1. The highest BCUT2D eigenvalue weighted by Gasteiger charge is 2.05. The van der Waals surface area contributed by atoms with Gasteiger partial charge in [0.1, 0.15) is 0 Å². The van der Waals surface area contributed by atoms with E-state index in [1.807, 2.05) is 24.3 Å². The zero-order chi connectivity index (χ0) is 15.7. The van der Waals surface area contributed by atoms with Gasteiger partial charge in [0.25, 0.3) is 0 Å². The van der Waals surface area contributed by atoms with Crippen molar-refractivity contribution in [2.45, 2.75) is 13.3 Å². The second-order valence-corrected chi connectivity index (χ2v) is 4.67. The van der Waals surface area contributed by atoms with Gasteiger partial charge in [-0.15, -0.1) is 0 Å². The lowest BCUT2D eigenvalue weighted by Gasteiger charge is -2.15. The van der Waals surface area contributed by atoms with E-state index in [-0.39, 0.29) is 18.4 Å². The van der Waals surface area contributed by atoms with E-state index in [1.165, 1.54) is 6.92 Å². The van der Waals surface area contributed by atoms with E-state index in [4.69, 9.17) is 4.74 Å². The van der Waals surface area contributed by atoms with Crippen molar-refractivity contribution >= 4 is 23.2 Å². The van der Waals surface area contributed by atoms with Crippen LogP contribution in [-0.2, 0) is 14.3 Å². The fourth-order valence-electron chi connectivity index (χ4n) is 1.67. The molecule has 6 heteroatoms. The number of anilines is 2. The Hall–Kier alpha value is -2.08. The number of methoxy groups -OCH3 is 1. The van der Waals surface area contributed by atoms with E-state index in [1.54, 1.807) is 19.1 Å². The van der Waals surface area contributed by atoms with Crippen LogP contribution in [-0.4, -0.2) is 45.7 Å². The summed E-state index contributed by atoms with van der Waals surface area (Å²) in [4.78, 5) is 24.4. The Morgan fingerprint density at radius 3 is 2.48 bits per heavy atom. The maximum atomic E-state index is 11.6. The molecule has 2 N–H and O–H groups in total. The summed E-state index contributed by atoms with van der Waals surface area (Å²) in [5.74, 6) is -0.0813. The highest BCUT2D eigenvalue weighted by Crippen LogP contribution is 2.16. The van der Waals surface area contributed by atoms with Crippen molar-refractivity contribution in [1.29, 1.82) is 0 Å². The number of nitrogens with one attached hydrogen (secondary N) is 2. The van der Waals surface area contributed by atoms with Crippen molar-refractivity contribution in [2.75, 3.05) is 44.1 Å². The summed E-state index contributed by atoms with van der Waals surface area (Å²) >= 11 is 0. The third kappa shape index (κ3) is 6.27. The lowest BCUT2D eigenvalue weighted by molar-refractivity contribution is -0.119. The standard InChI is InChI=1S/C15H23N3O3/c1-12(19)18(2)14-7-5-13(6-8-14)17-11-15(20)16-9-4-10-21-3/h5-8,17H,4,9-11H2,1-3H3,(H,16,20). The molecule has 0 aliphatic rings. The predicted molar refractivity (Wildman–Crippen MR) is 83.5 cm³/mol. The Bertz CT molecular complexity index is 460. The molecule has 0 heterocycles. The average Bonchev–Trinajstić information content (AvgIpc) is 2.49. The molecule has 2 amide bonds. The molecule has 1 rings (SSSR count). The molecule has 0 aliphatic heterocycles. The van der Waals surface area contributed by atoms with Crippen molar-refractivity contribution in [3.8, 4) is 0 Å². The molecule has 0 unspecified atom stereocenters. The summed E-state index contributed by atoms with van der Waals surface area (Å²) < 4.78 is 4.91. The lowest BCUT2D eigenvalue weighted by Crippen LogP contribution is -2.31. The van der Waals surface area contributed by atoms with Crippen LogP contribution in [0.1, 0.15) is 13.3 Å². The fourth-order valence-corrected chi connectivity index (χ4v) is 1.67. The SMILES string of the molecule is COCCCNC(=O)CNc1ccc(N(C)C(C)=O)cc1. The Morgan fingerprint density at radius 2 is 1.90 bits per heavy atom. The van der Waals surface area contributed by atoms with Crippen LogP contribution in [0.4, 0.5) is 11.4 Å². The van der Waals surface area contributed by atoms with E-state index >= 15 is 0 Å². The Labute approximate surface area is 125 Å². The minimum absolute atomic E-state index is 0.0221. The zero-order valence-electron chi connectivity index (χ0n) is 12.8. The largest absolute Gasteiger partial charge is 0.385 e. The zero-order valence-corrected chi connectivity index (χ0v) is 12.8. The van der Waals surface area contributed by atoms with E-state index in [0.717, 1.165) is 17.8 Å². The summed E-state index contributed by atoms with van der Waals surface area (Å²) in [6, 6.07) is 7.35. The highest BCUT2D eigenvalue weighted by molar-refractivity contribution is 5.91. The molecule has 0 radical (unpaired) electrons. The minimum atomic E-state index is -0.0592. The van der Waals surface area contributed by atoms with Gasteiger partial charge in [-0.25, -0.2) is 0 Å². The van der Waals surface area contributed by atoms with E-state index in [9.17, 15) is 9.59 Å². The monoisotopic (exact) mass is 293 g/mol. The Kier molecular flexibility index (Phi) is 7.25. The predicted octanol–water partition coefficient (Wildman–Crippen LogP) is 1.23. The van der Waals surface area contributed by atoms with Crippen LogP contribution >= 0.6 is 0 Å². The molecular formula is C15H23N3O3. The first-order chi connectivity index (χ1) is 10.0. The van der Waals surface area contributed by atoms with Crippen LogP contribution in [0.25, 0.3) is 0 Å². The summed E-state index contributed by atoms with van der Waals surface area (Å²) in [5, 5.41) is 5.83. The molecule has 0 bridgehead atoms. The Morgan fingerprint density at radius 1 is 1.24 bits per heavy atom. The van der Waals surface area contributed by atoms with Crippen LogP contribution in [0, 0.1) is 0 Å². The quantitative estimate of drug-likeness (QED) is 0.707. The maximum Gasteiger partial charge on any atom is 0.239 e. The number of hydrogen-bond donors (Lipinski definition) is 2. The third-order valence-electron chi connectivity index (χ3n) is 3.03. The van der Waals surface area contributed by atoms with Gasteiger partial charge in [-0.05, 0) is 30.7 Å². The lowest BCUT2D eigenvalue weighted by atomic mass is 10.2. The molecule has 1 aromatic carbocycles. The number of carbonyl (C=O) groups excluding carboxylic acids is 2. The van der Waals surface area contributed by atoms with E-state index in [2.05, 4.69) is 10.6 Å². The number of amides is 2. The van der Waals surface area contributed by atoms with Crippen LogP contribution < -0.4 is 15.5 Å². The molecule has 0 atom stereocenters. The topological polar surface area (TPSA) is 70.7 Å². The normalized spacial score (nSPS) is 10.0. The van der Waals surface area contributed by atoms with Crippen molar-refractivity contribution in [1.82, 2.24) is 5.32 Å². The number of rotatable bonds is 8. The minimum Gasteiger partial charge on any atom is -0.385 e. The number of nitrogens with zero attached hydrogens (tertiary/aromatic N) is 1. The molecule has 116 valence electrons. The first-order valence-electron chi connectivity index (χ1n) is 6.88. The van der Waals surface area contributed by atoms with Gasteiger partial charge in [0.05, 0.1) is 6.54 Å². The summed E-state index contributed by atoms with van der Waals surface area (Å²) in [6.07, 6.45) is 0.800. The van der Waals surface area contributed by atoms with Gasteiger partial charge in [-0.2, -0.15) is 0 Å². The second-order valence-electron chi connectivity index (χ2n) is 4.67. The molecule has 1 aromatic rings. The van der Waals surface area contributed by atoms with Crippen molar-refractivity contribution in [2.24, 2.45) is 0 Å². The maximum absolute atomic E-state index is 11.6. The van der Waals surface area contributed by atoms with E-state index in [0.29, 0.717) is 13.2 Å². The van der Waals surface area contributed by atoms with Crippen LogP contribution in [0.2, 0.25) is 0 Å². The summed E-state index contributed by atoms with van der Waals surface area (Å²) in [6.45, 7) is 2.98. The molecule has 0 spiro atoms. The Balaban J connectivity index is 2.35. The molecule has 0 saturated carbocycles. The van der Waals surface area contributed by atoms with Gasteiger partial charge >= 0.3 is 0 Å². The van der Waals surface area contributed by atoms with Gasteiger partial charge in [-0.1, -0.05) is 0 Å². The van der Waals surface area contributed by atoms with Crippen LogP contribution in [0.5, 0.6) is 0 Å². The van der Waals surface area contributed by atoms with Crippen molar-refractivity contribution in [3.63, 3.8) is 0 Å². The molecule has 6 nitrogen and oxygen atoms in total. The van der Waals surface area contributed by atoms with Gasteiger partial charge < -0.3 is 20.3 Å². The summed E-state index contributed by atoms with van der Waals surface area (Å²) in [5.41, 5.74) is 1.65. The molecular weight excluding hydrogens is 270 g/mol. The smallest absolute Gasteiger partial charge is 0.239 e. The number of hydrogen-bond acceptors (Lipinski definition) is 4. The number of carbonyl (C=O) groups is 2. The van der Waals surface area contributed by atoms with Crippen molar-refractivity contribution in [3.05, 3.63) is 24.3 Å². The molecule has 21 heavy (non-hydrogen) atoms. The molecule has 0 aromatic heterocycles. The van der Waals surface area contributed by atoms with Crippen LogP contribution in [0.15, 0.2) is 24.3 Å². The molecule has 0 fully saturated rings. The molecule has 0 aliphatic carbocycles. The van der Waals surface area contributed by atoms with Gasteiger partial charge in [0.2, 0.25) is 11.8 Å². The first-order valence-corrected chi connectivity index (χ1v) is 6.88. The van der Waals surface area contributed by atoms with Crippen molar-refractivity contribution < 1.29 is 14.3 Å². The third-order valence-corrected chi connectivity index (χ3v) is 3.03. The number of ether oxygens (including phenoxy) is 1. The highest BCUT2D eigenvalue weighted by atomic mass is 16.5.